The number of aliphatic carboxylic acids is 1. The second-order valence-corrected chi connectivity index (χ2v) is 7.77. The molecule has 0 fully saturated rings. The molecule has 0 aliphatic carbocycles. The van der Waals surface area contributed by atoms with Crippen LogP contribution in [0.2, 0.25) is 0 Å². The van der Waals surface area contributed by atoms with Gasteiger partial charge in [0.05, 0.1) is 6.04 Å². The summed E-state index contributed by atoms with van der Waals surface area (Å²) in [6, 6.07) is 15.1. The lowest BCUT2D eigenvalue weighted by Gasteiger charge is -2.24. The van der Waals surface area contributed by atoms with Gasteiger partial charge >= 0.3 is 5.97 Å². The van der Waals surface area contributed by atoms with E-state index in [1.54, 1.807) is 24.3 Å². The van der Waals surface area contributed by atoms with Crippen LogP contribution in [0.1, 0.15) is 11.1 Å². The molecule has 0 radical (unpaired) electrons. The number of hydrogen-bond donors (Lipinski definition) is 6. The Morgan fingerprint density at radius 1 is 0.788 bits per heavy atom. The van der Waals surface area contributed by atoms with Crippen molar-refractivity contribution < 1.29 is 24.3 Å². The number of carboxylic acids is 1. The zero-order chi connectivity index (χ0) is 24.2. The summed E-state index contributed by atoms with van der Waals surface area (Å²) in [6.07, 6.45) is 0.312. The first-order valence-electron chi connectivity index (χ1n) is 10.3. The van der Waals surface area contributed by atoms with Crippen molar-refractivity contribution in [1.82, 2.24) is 16.0 Å². The fourth-order valence-corrected chi connectivity index (χ4v) is 3.20. The van der Waals surface area contributed by atoms with Gasteiger partial charge < -0.3 is 26.8 Å². The van der Waals surface area contributed by atoms with Crippen LogP contribution >= 0.6 is 12.6 Å². The van der Waals surface area contributed by atoms with Crippen LogP contribution in [0.25, 0.3) is 0 Å². The first-order chi connectivity index (χ1) is 15.8. The molecular formula is C23H28N4O5S. The highest BCUT2D eigenvalue weighted by molar-refractivity contribution is 7.80. The van der Waals surface area contributed by atoms with Crippen LogP contribution in [0, 0.1) is 0 Å². The molecule has 0 heterocycles. The standard InChI is InChI=1S/C23H28N4O5S/c24-17(14-33)21(30)26-19(12-16-9-5-2-6-10-16)23(32)27-18(22(31)25-13-20(28)29)11-15-7-3-1-4-8-15/h1-10,17-19,33H,11-14,24H2,(H,25,31)(H,26,30)(H,27,32)(H,28,29)/t17-,18-,19-/m0/s1. The minimum absolute atomic E-state index is 0.0970. The second kappa shape index (κ2) is 13.2. The van der Waals surface area contributed by atoms with E-state index in [4.69, 9.17) is 10.8 Å². The van der Waals surface area contributed by atoms with Gasteiger partial charge in [0.1, 0.15) is 18.6 Å². The smallest absolute Gasteiger partial charge is 0.322 e. The molecule has 33 heavy (non-hydrogen) atoms. The third kappa shape index (κ3) is 8.95. The number of nitrogens with one attached hydrogen (secondary N) is 3. The predicted molar refractivity (Wildman–Crippen MR) is 127 cm³/mol. The first-order valence-corrected chi connectivity index (χ1v) is 11.0. The van der Waals surface area contributed by atoms with Crippen molar-refractivity contribution in [3.63, 3.8) is 0 Å². The highest BCUT2D eigenvalue weighted by Crippen LogP contribution is 2.07. The minimum Gasteiger partial charge on any atom is -0.480 e. The van der Waals surface area contributed by atoms with Gasteiger partial charge in [-0.2, -0.15) is 12.6 Å². The molecule has 0 aliphatic rings. The Labute approximate surface area is 197 Å². The monoisotopic (exact) mass is 472 g/mol. The van der Waals surface area contributed by atoms with Crippen LogP contribution in [0.15, 0.2) is 60.7 Å². The normalized spacial score (nSPS) is 13.3. The quantitative estimate of drug-likeness (QED) is 0.238. The topological polar surface area (TPSA) is 151 Å². The Morgan fingerprint density at radius 3 is 1.70 bits per heavy atom. The number of carbonyl (C=O) groups excluding carboxylic acids is 3. The predicted octanol–water partition coefficient (Wildman–Crippen LogP) is -0.101. The number of thiol groups is 1. The number of benzene rings is 2. The van der Waals surface area contributed by atoms with Gasteiger partial charge in [0.15, 0.2) is 0 Å². The summed E-state index contributed by atoms with van der Waals surface area (Å²) in [6.45, 7) is -0.582. The van der Waals surface area contributed by atoms with E-state index in [1.165, 1.54) is 0 Å². The van der Waals surface area contributed by atoms with Crippen molar-refractivity contribution >= 4 is 36.3 Å². The zero-order valence-electron chi connectivity index (χ0n) is 17.9. The Bertz CT molecular complexity index is 942. The number of hydrogen-bond acceptors (Lipinski definition) is 6. The van der Waals surface area contributed by atoms with E-state index in [9.17, 15) is 19.2 Å². The summed E-state index contributed by atoms with van der Waals surface area (Å²) in [5.41, 5.74) is 7.31. The zero-order valence-corrected chi connectivity index (χ0v) is 18.8. The van der Waals surface area contributed by atoms with Crippen molar-refractivity contribution in [1.29, 1.82) is 0 Å². The lowest BCUT2D eigenvalue weighted by Crippen LogP contribution is -2.57. The largest absolute Gasteiger partial charge is 0.480 e. The summed E-state index contributed by atoms with van der Waals surface area (Å²) >= 11 is 4.02. The van der Waals surface area contributed by atoms with Crippen molar-refractivity contribution in [2.75, 3.05) is 12.3 Å². The summed E-state index contributed by atoms with van der Waals surface area (Å²) in [4.78, 5) is 49.0. The fraction of sp³-hybridized carbons (Fsp3) is 0.304. The van der Waals surface area contributed by atoms with E-state index in [0.29, 0.717) is 0 Å². The molecule has 2 rings (SSSR count). The number of carboxylic acid groups (broad SMARTS) is 1. The molecule has 0 bridgehead atoms. The first kappa shape index (κ1) is 25.9. The number of amides is 3. The van der Waals surface area contributed by atoms with Crippen LogP contribution in [-0.2, 0) is 32.0 Å². The molecule has 9 nitrogen and oxygen atoms in total. The van der Waals surface area contributed by atoms with Gasteiger partial charge in [-0.3, -0.25) is 19.2 Å². The van der Waals surface area contributed by atoms with Crippen LogP contribution < -0.4 is 21.7 Å². The van der Waals surface area contributed by atoms with E-state index in [2.05, 4.69) is 28.6 Å². The van der Waals surface area contributed by atoms with Crippen LogP contribution in [0.3, 0.4) is 0 Å². The van der Waals surface area contributed by atoms with Crippen LogP contribution in [-0.4, -0.2) is 59.2 Å². The molecule has 0 saturated heterocycles. The Balaban J connectivity index is 2.21. The molecule has 10 heteroatoms. The van der Waals surface area contributed by atoms with Gasteiger partial charge in [-0.25, -0.2) is 0 Å². The van der Waals surface area contributed by atoms with Gasteiger partial charge in [-0.15, -0.1) is 0 Å². The SMILES string of the molecule is N[C@@H](CS)C(=O)N[C@@H](Cc1ccccc1)C(=O)N[C@@H](Cc1ccccc1)C(=O)NCC(=O)O. The maximum Gasteiger partial charge on any atom is 0.322 e. The number of nitrogens with two attached hydrogens (primary N) is 1. The lowest BCUT2D eigenvalue weighted by molar-refractivity contribution is -0.138. The molecule has 176 valence electrons. The molecule has 2 aromatic carbocycles. The molecule has 0 spiro atoms. The maximum absolute atomic E-state index is 13.2. The average Bonchev–Trinajstić information content (AvgIpc) is 2.82. The molecule has 0 aliphatic heterocycles. The van der Waals surface area contributed by atoms with Crippen molar-refractivity contribution in [2.24, 2.45) is 5.73 Å². The van der Waals surface area contributed by atoms with Crippen molar-refractivity contribution in [3.8, 4) is 0 Å². The maximum atomic E-state index is 13.2. The number of rotatable bonds is 12. The second-order valence-electron chi connectivity index (χ2n) is 7.40. The van der Waals surface area contributed by atoms with Crippen LogP contribution in [0.4, 0.5) is 0 Å². The van der Waals surface area contributed by atoms with Gasteiger partial charge in [0, 0.05) is 18.6 Å². The fourth-order valence-electron chi connectivity index (χ4n) is 3.04. The molecule has 3 atom stereocenters. The average molecular weight is 473 g/mol. The van der Waals surface area contributed by atoms with Gasteiger partial charge in [0.2, 0.25) is 17.7 Å². The summed E-state index contributed by atoms with van der Waals surface area (Å²) in [5.74, 6) is -2.89. The van der Waals surface area contributed by atoms with E-state index >= 15 is 0 Å². The van der Waals surface area contributed by atoms with E-state index < -0.39 is 48.4 Å². The molecule has 0 saturated carbocycles. The lowest BCUT2D eigenvalue weighted by atomic mass is 10.0. The van der Waals surface area contributed by atoms with E-state index in [0.717, 1.165) is 11.1 Å². The van der Waals surface area contributed by atoms with Gasteiger partial charge in [-0.1, -0.05) is 60.7 Å². The highest BCUT2D eigenvalue weighted by atomic mass is 32.1. The van der Waals surface area contributed by atoms with Gasteiger partial charge in [0.25, 0.3) is 0 Å². The molecule has 0 aromatic heterocycles. The highest BCUT2D eigenvalue weighted by Gasteiger charge is 2.28. The van der Waals surface area contributed by atoms with Crippen LogP contribution in [0.5, 0.6) is 0 Å². The molecule has 2 aromatic rings. The molecule has 6 N–H and O–H groups in total. The molecule has 0 unspecified atom stereocenters. The Kier molecular flexibility index (Phi) is 10.4. The Morgan fingerprint density at radius 2 is 1.24 bits per heavy atom. The van der Waals surface area contributed by atoms with Crippen molar-refractivity contribution in [3.05, 3.63) is 71.8 Å². The molecular weight excluding hydrogens is 444 g/mol. The summed E-state index contributed by atoms with van der Waals surface area (Å²) < 4.78 is 0. The number of carbonyl (C=O) groups is 4. The minimum atomic E-state index is -1.21. The third-order valence-electron chi connectivity index (χ3n) is 4.78. The van der Waals surface area contributed by atoms with Gasteiger partial charge in [-0.05, 0) is 11.1 Å². The third-order valence-corrected chi connectivity index (χ3v) is 5.17. The van der Waals surface area contributed by atoms with Crippen molar-refractivity contribution in [2.45, 2.75) is 31.0 Å². The molecule has 3 amide bonds. The summed E-state index contributed by atoms with van der Waals surface area (Å²) in [7, 11) is 0. The van der Waals surface area contributed by atoms with E-state index in [-0.39, 0.29) is 18.6 Å². The van der Waals surface area contributed by atoms with E-state index in [1.807, 2.05) is 36.4 Å². The Hall–Kier alpha value is -3.37. The summed E-state index contributed by atoms with van der Waals surface area (Å²) in [5, 5.41) is 16.4.